The minimum atomic E-state index is -0.673. The third kappa shape index (κ3) is 4.45. The van der Waals surface area contributed by atoms with Gasteiger partial charge in [0.2, 0.25) is 0 Å². The molecule has 0 aliphatic carbocycles. The van der Waals surface area contributed by atoms with Gasteiger partial charge in [-0.15, -0.1) is 0 Å². The third-order valence-electron chi connectivity index (χ3n) is 2.69. The minimum Gasteiger partial charge on any atom is -0.463 e. The van der Waals surface area contributed by atoms with Gasteiger partial charge in [-0.3, -0.25) is 9.59 Å². The molecular formula is C12H20O7. The van der Waals surface area contributed by atoms with Crippen LogP contribution in [0, 0.1) is 0 Å². The summed E-state index contributed by atoms with van der Waals surface area (Å²) < 4.78 is 40.2. The Morgan fingerprint density at radius 3 is 1.74 bits per heavy atom. The van der Waals surface area contributed by atoms with Crippen molar-refractivity contribution in [3.05, 3.63) is 0 Å². The normalized spacial score (nSPS) is 31.5. The van der Waals surface area contributed by atoms with Crippen LogP contribution < -0.4 is 0 Å². The molecule has 19 heavy (non-hydrogen) atoms. The zero-order valence-corrected chi connectivity index (χ0v) is 11.0. The number of rotatable bonds is 6. The van der Waals surface area contributed by atoms with E-state index in [1.54, 1.807) is 0 Å². The third-order valence-corrected chi connectivity index (χ3v) is 2.69. The van der Waals surface area contributed by atoms with Crippen LogP contribution in [-0.2, 0) is 33.3 Å². The van der Waals surface area contributed by atoms with Crippen LogP contribution in [-0.4, -0.2) is 63.7 Å². The first kappa shape index (κ1) is 12.8. The van der Waals surface area contributed by atoms with Crippen LogP contribution in [0.2, 0.25) is 0 Å². The van der Waals surface area contributed by atoms with Crippen LogP contribution in [0.5, 0.6) is 0 Å². The molecule has 110 valence electrons. The van der Waals surface area contributed by atoms with Gasteiger partial charge in [0.25, 0.3) is 0 Å². The average molecular weight is 278 g/mol. The van der Waals surface area contributed by atoms with Gasteiger partial charge in [-0.1, -0.05) is 0 Å². The average Bonchev–Trinajstić information content (AvgIpc) is 2.73. The molecule has 1 saturated heterocycles. The Kier molecular flexibility index (Phi) is 5.01. The maximum atomic E-state index is 10.9. The van der Waals surface area contributed by atoms with Crippen molar-refractivity contribution in [1.29, 1.82) is 0 Å². The molecule has 0 bridgehead atoms. The van der Waals surface area contributed by atoms with Crippen LogP contribution in [0.1, 0.15) is 16.6 Å². The van der Waals surface area contributed by atoms with Crippen LogP contribution in [0.25, 0.3) is 0 Å². The molecule has 0 radical (unpaired) electrons. The molecule has 4 atom stereocenters. The Labute approximate surface area is 114 Å². The van der Waals surface area contributed by atoms with E-state index >= 15 is 0 Å². The molecule has 1 heterocycles. The highest BCUT2D eigenvalue weighted by molar-refractivity contribution is 5.66. The fourth-order valence-electron chi connectivity index (χ4n) is 1.87. The predicted octanol–water partition coefficient (Wildman–Crippen LogP) is -0.0900. The van der Waals surface area contributed by atoms with Crippen molar-refractivity contribution in [2.75, 3.05) is 27.4 Å². The van der Waals surface area contributed by atoms with Gasteiger partial charge >= 0.3 is 11.9 Å². The lowest BCUT2D eigenvalue weighted by Gasteiger charge is -2.21. The van der Waals surface area contributed by atoms with E-state index in [1.165, 1.54) is 13.8 Å². The minimum absolute atomic E-state index is 0.0611. The number of hydrogen-bond donors (Lipinski definition) is 0. The van der Waals surface area contributed by atoms with Crippen molar-refractivity contribution in [3.8, 4) is 0 Å². The fourth-order valence-corrected chi connectivity index (χ4v) is 1.87. The van der Waals surface area contributed by atoms with Crippen molar-refractivity contribution in [2.45, 2.75) is 38.3 Å². The Morgan fingerprint density at radius 2 is 1.42 bits per heavy atom. The first-order valence-corrected chi connectivity index (χ1v) is 5.73. The summed E-state index contributed by atoms with van der Waals surface area (Å²) in [7, 11) is -0.661. The Morgan fingerprint density at radius 1 is 1.00 bits per heavy atom. The molecular weight excluding hydrogens is 256 g/mol. The van der Waals surface area contributed by atoms with Gasteiger partial charge in [0.15, 0.2) is 0 Å². The van der Waals surface area contributed by atoms with E-state index in [9.17, 15) is 9.59 Å². The molecule has 0 unspecified atom stereocenters. The lowest BCUT2D eigenvalue weighted by atomic mass is 10.1. The largest absolute Gasteiger partial charge is 0.463 e. The molecule has 7 heteroatoms. The van der Waals surface area contributed by atoms with E-state index < -0.39 is 36.4 Å². The number of hydrogen-bond acceptors (Lipinski definition) is 7. The van der Waals surface area contributed by atoms with E-state index in [1.807, 2.05) is 0 Å². The summed E-state index contributed by atoms with van der Waals surface area (Å²) >= 11 is 0. The molecule has 0 aromatic heterocycles. The van der Waals surface area contributed by atoms with Crippen LogP contribution in [0.3, 0.4) is 0 Å². The summed E-state index contributed by atoms with van der Waals surface area (Å²) in [5.41, 5.74) is 0. The second kappa shape index (κ2) is 7.42. The zero-order valence-electron chi connectivity index (χ0n) is 13.0. The van der Waals surface area contributed by atoms with Crippen molar-refractivity contribution >= 4 is 11.9 Å². The van der Waals surface area contributed by atoms with Crippen molar-refractivity contribution < 1.29 is 36.0 Å². The summed E-state index contributed by atoms with van der Waals surface area (Å²) in [6.07, 6.45) is -2.63. The number of methoxy groups -OCH3 is 2. The quantitative estimate of drug-likeness (QED) is 0.628. The van der Waals surface area contributed by atoms with E-state index in [2.05, 4.69) is 0 Å². The summed E-state index contributed by atoms with van der Waals surface area (Å²) in [6.45, 7) is 2.41. The Hall–Kier alpha value is -1.18. The highest BCUT2D eigenvalue weighted by atomic mass is 16.6. The number of carbonyl (C=O) groups is 2. The molecule has 1 fully saturated rings. The van der Waals surface area contributed by atoms with E-state index in [4.69, 9.17) is 26.4 Å². The van der Waals surface area contributed by atoms with Crippen molar-refractivity contribution in [3.63, 3.8) is 0 Å². The fraction of sp³-hybridized carbons (Fsp3) is 0.833. The van der Waals surface area contributed by atoms with Crippen LogP contribution >= 0.6 is 0 Å². The van der Waals surface area contributed by atoms with E-state index in [0.29, 0.717) is 0 Å². The second-order valence-electron chi connectivity index (χ2n) is 4.08. The highest BCUT2D eigenvalue weighted by Crippen LogP contribution is 2.26. The smallest absolute Gasteiger partial charge is 0.302 e. The van der Waals surface area contributed by atoms with Crippen LogP contribution in [0.4, 0.5) is 0 Å². The zero-order chi connectivity index (χ0) is 15.8. The molecule has 0 spiro atoms. The van der Waals surface area contributed by atoms with Gasteiger partial charge < -0.3 is 23.7 Å². The molecule has 1 rings (SSSR count). The maximum absolute atomic E-state index is 10.9. The summed E-state index contributed by atoms with van der Waals surface area (Å²) in [4.78, 5) is 21.8. The molecule has 1 aliphatic rings. The van der Waals surface area contributed by atoms with Gasteiger partial charge in [0.05, 0.1) is 2.74 Å². The predicted molar refractivity (Wildman–Crippen MR) is 63.5 cm³/mol. The van der Waals surface area contributed by atoms with Crippen molar-refractivity contribution in [2.24, 2.45) is 0 Å². The molecule has 0 N–H and O–H groups in total. The molecule has 7 nitrogen and oxygen atoms in total. The van der Waals surface area contributed by atoms with Gasteiger partial charge in [-0.2, -0.15) is 0 Å². The molecule has 0 amide bonds. The summed E-state index contributed by atoms with van der Waals surface area (Å²) in [5.74, 6) is -0.936. The molecule has 0 aromatic rings. The number of esters is 2. The van der Waals surface area contributed by atoms with Gasteiger partial charge in [-0.05, 0) is 0 Å². The SMILES string of the molecule is [2H]CO[C@H]1[C@H](OC[2H])[C@@H](COC(C)=O)O[C@@H]1COC(C)=O. The lowest BCUT2D eigenvalue weighted by Crippen LogP contribution is -2.39. The van der Waals surface area contributed by atoms with Gasteiger partial charge in [-0.25, -0.2) is 0 Å². The molecule has 0 saturated carbocycles. The van der Waals surface area contributed by atoms with Gasteiger partial charge in [0, 0.05) is 28.0 Å². The molecule has 0 aromatic carbocycles. The summed E-state index contributed by atoms with van der Waals surface area (Å²) in [6, 6.07) is 0. The van der Waals surface area contributed by atoms with Gasteiger partial charge in [0.1, 0.15) is 37.6 Å². The Balaban J connectivity index is 2.73. The standard InChI is InChI=1S/C12H20O7/c1-7(13)17-5-9-11(15-3)12(16-4)10(19-9)6-18-8(2)14/h9-12H,5-6H2,1-4H3/t9-,10-,11-,12-/m1/s1/i3D,4D. The first-order valence-electron chi connectivity index (χ1n) is 7.14. The highest BCUT2D eigenvalue weighted by Gasteiger charge is 2.46. The topological polar surface area (TPSA) is 80.3 Å². The number of ether oxygens (including phenoxy) is 5. The summed E-state index contributed by atoms with van der Waals surface area (Å²) in [5, 5.41) is 0. The number of carbonyl (C=O) groups excluding carboxylic acids is 2. The van der Waals surface area contributed by atoms with Crippen LogP contribution in [0.15, 0.2) is 0 Å². The Bertz CT molecular complexity index is 320. The maximum Gasteiger partial charge on any atom is 0.302 e. The van der Waals surface area contributed by atoms with E-state index in [0.717, 1.165) is 0 Å². The molecule has 1 aliphatic heterocycles. The lowest BCUT2D eigenvalue weighted by molar-refractivity contribution is -0.150. The first-order chi connectivity index (χ1) is 9.99. The second-order valence-corrected chi connectivity index (χ2v) is 4.08. The monoisotopic (exact) mass is 278 g/mol. The van der Waals surface area contributed by atoms with Crippen molar-refractivity contribution in [1.82, 2.24) is 0 Å². The van der Waals surface area contributed by atoms with E-state index in [-0.39, 0.29) is 27.4 Å².